The fourth-order valence-corrected chi connectivity index (χ4v) is 2.87. The van der Waals surface area contributed by atoms with Crippen LogP contribution in [0.2, 0.25) is 0 Å². The molecule has 0 atom stereocenters. The maximum absolute atomic E-state index is 10.8. The number of aromatic carboxylic acids is 1. The maximum Gasteiger partial charge on any atom is 0.335 e. The van der Waals surface area contributed by atoms with E-state index in [0.29, 0.717) is 12.6 Å². The molecule has 0 aliphatic heterocycles. The number of likely N-dealkylation sites (N-methyl/N-ethyl adjacent to an activating group) is 1. The molecule has 116 valence electrons. The second-order valence-corrected chi connectivity index (χ2v) is 6.07. The van der Waals surface area contributed by atoms with Gasteiger partial charge in [-0.2, -0.15) is 0 Å². The predicted octanol–water partition coefficient (Wildman–Crippen LogP) is 3.27. The molecule has 0 saturated heterocycles. The van der Waals surface area contributed by atoms with E-state index in [0.717, 1.165) is 18.2 Å². The van der Waals surface area contributed by atoms with Gasteiger partial charge in [0.2, 0.25) is 0 Å². The zero-order chi connectivity index (χ0) is 15.2. The van der Waals surface area contributed by atoms with Crippen LogP contribution in [0.5, 0.6) is 5.75 Å². The van der Waals surface area contributed by atoms with Crippen molar-refractivity contribution in [1.82, 2.24) is 4.90 Å². The van der Waals surface area contributed by atoms with Crippen LogP contribution in [-0.2, 0) is 0 Å². The Labute approximate surface area is 126 Å². The van der Waals surface area contributed by atoms with Gasteiger partial charge in [-0.25, -0.2) is 4.79 Å². The number of rotatable bonds is 6. The fraction of sp³-hybridized carbons (Fsp3) is 0.588. The Balaban J connectivity index is 1.72. The van der Waals surface area contributed by atoms with Crippen LogP contribution in [0.1, 0.15) is 43.0 Å². The van der Waals surface area contributed by atoms with E-state index in [1.165, 1.54) is 25.7 Å². The molecule has 0 aromatic heterocycles. The zero-order valence-electron chi connectivity index (χ0n) is 12.9. The van der Waals surface area contributed by atoms with Crippen molar-refractivity contribution in [2.45, 2.75) is 38.6 Å². The number of ether oxygens (including phenoxy) is 1. The maximum atomic E-state index is 10.8. The second kappa shape index (κ2) is 7.46. The normalized spacial score (nSPS) is 22.2. The zero-order valence-corrected chi connectivity index (χ0v) is 12.9. The van der Waals surface area contributed by atoms with E-state index in [9.17, 15) is 4.79 Å². The quantitative estimate of drug-likeness (QED) is 0.874. The number of nitrogens with zero attached hydrogens (tertiary/aromatic N) is 1. The van der Waals surface area contributed by atoms with Crippen molar-refractivity contribution in [3.8, 4) is 5.75 Å². The second-order valence-electron chi connectivity index (χ2n) is 6.07. The summed E-state index contributed by atoms with van der Waals surface area (Å²) in [6.45, 7) is 3.87. The van der Waals surface area contributed by atoms with Gasteiger partial charge in [-0.15, -0.1) is 0 Å². The molecule has 2 rings (SSSR count). The molecule has 1 fully saturated rings. The van der Waals surface area contributed by atoms with Gasteiger partial charge in [0.1, 0.15) is 12.4 Å². The molecular weight excluding hydrogens is 266 g/mol. The Morgan fingerprint density at radius 1 is 1.24 bits per heavy atom. The van der Waals surface area contributed by atoms with Crippen molar-refractivity contribution in [2.24, 2.45) is 5.92 Å². The van der Waals surface area contributed by atoms with Crippen LogP contribution in [0.25, 0.3) is 0 Å². The third-order valence-electron chi connectivity index (χ3n) is 4.42. The Morgan fingerprint density at radius 2 is 1.86 bits per heavy atom. The van der Waals surface area contributed by atoms with Crippen LogP contribution in [0.15, 0.2) is 24.3 Å². The molecule has 1 aromatic rings. The molecule has 4 nitrogen and oxygen atoms in total. The monoisotopic (exact) mass is 291 g/mol. The van der Waals surface area contributed by atoms with E-state index >= 15 is 0 Å². The Bertz CT molecular complexity index is 450. The summed E-state index contributed by atoms with van der Waals surface area (Å²) < 4.78 is 5.69. The number of carbonyl (C=O) groups is 1. The Hall–Kier alpha value is -1.55. The lowest BCUT2D eigenvalue weighted by atomic mass is 9.87. The third kappa shape index (κ3) is 4.74. The first-order valence-electron chi connectivity index (χ1n) is 7.72. The average Bonchev–Trinajstić information content (AvgIpc) is 2.48. The van der Waals surface area contributed by atoms with Crippen molar-refractivity contribution in [3.05, 3.63) is 29.8 Å². The molecule has 0 heterocycles. The molecule has 1 saturated carbocycles. The number of hydrogen-bond acceptors (Lipinski definition) is 3. The number of carboxylic acid groups (broad SMARTS) is 1. The van der Waals surface area contributed by atoms with Crippen LogP contribution in [0.4, 0.5) is 0 Å². The number of benzene rings is 1. The molecular formula is C17H25NO3. The largest absolute Gasteiger partial charge is 0.492 e. The lowest BCUT2D eigenvalue weighted by molar-refractivity contribution is 0.0697. The predicted molar refractivity (Wildman–Crippen MR) is 82.9 cm³/mol. The highest BCUT2D eigenvalue weighted by atomic mass is 16.5. The first-order chi connectivity index (χ1) is 10.1. The van der Waals surface area contributed by atoms with Gasteiger partial charge in [0, 0.05) is 12.6 Å². The minimum Gasteiger partial charge on any atom is -0.492 e. The molecule has 0 unspecified atom stereocenters. The van der Waals surface area contributed by atoms with Gasteiger partial charge in [-0.3, -0.25) is 0 Å². The molecule has 1 aliphatic carbocycles. The summed E-state index contributed by atoms with van der Waals surface area (Å²) in [5.41, 5.74) is 0.288. The van der Waals surface area contributed by atoms with E-state index < -0.39 is 5.97 Å². The molecule has 0 spiro atoms. The summed E-state index contributed by atoms with van der Waals surface area (Å²) in [7, 11) is 2.16. The standard InChI is InChI=1S/C17H25NO3/c1-13-3-7-15(8-4-13)18(2)11-12-21-16-9-5-14(6-10-16)17(19)20/h5-6,9-10,13,15H,3-4,7-8,11-12H2,1-2H3,(H,19,20). The van der Waals surface area contributed by atoms with Crippen LogP contribution >= 0.6 is 0 Å². The summed E-state index contributed by atoms with van der Waals surface area (Å²) in [6, 6.07) is 7.25. The molecule has 0 bridgehead atoms. The van der Waals surface area contributed by atoms with Gasteiger partial charge in [0.25, 0.3) is 0 Å². The lowest BCUT2D eigenvalue weighted by Gasteiger charge is -2.33. The SMILES string of the molecule is CC1CCC(N(C)CCOc2ccc(C(=O)O)cc2)CC1. The highest BCUT2D eigenvalue weighted by Crippen LogP contribution is 2.26. The van der Waals surface area contributed by atoms with Gasteiger partial charge in [0.15, 0.2) is 0 Å². The van der Waals surface area contributed by atoms with Crippen molar-refractivity contribution >= 4 is 5.97 Å². The summed E-state index contributed by atoms with van der Waals surface area (Å²) in [4.78, 5) is 13.2. The van der Waals surface area contributed by atoms with Gasteiger partial charge >= 0.3 is 5.97 Å². The van der Waals surface area contributed by atoms with E-state index in [1.807, 2.05) is 0 Å². The molecule has 21 heavy (non-hydrogen) atoms. The van der Waals surface area contributed by atoms with Crippen LogP contribution < -0.4 is 4.74 Å². The Kier molecular flexibility index (Phi) is 5.62. The topological polar surface area (TPSA) is 49.8 Å². The van der Waals surface area contributed by atoms with Gasteiger partial charge in [0.05, 0.1) is 5.56 Å². The van der Waals surface area contributed by atoms with E-state index in [1.54, 1.807) is 24.3 Å². The smallest absolute Gasteiger partial charge is 0.335 e. The van der Waals surface area contributed by atoms with E-state index in [-0.39, 0.29) is 5.56 Å². The minimum absolute atomic E-state index is 0.288. The highest BCUT2D eigenvalue weighted by Gasteiger charge is 2.21. The minimum atomic E-state index is -0.909. The van der Waals surface area contributed by atoms with Crippen molar-refractivity contribution in [3.63, 3.8) is 0 Å². The van der Waals surface area contributed by atoms with Crippen molar-refractivity contribution in [2.75, 3.05) is 20.2 Å². The molecule has 1 N–H and O–H groups in total. The summed E-state index contributed by atoms with van der Waals surface area (Å²) in [6.07, 6.45) is 5.22. The van der Waals surface area contributed by atoms with Crippen molar-refractivity contribution in [1.29, 1.82) is 0 Å². The molecule has 0 amide bonds. The highest BCUT2D eigenvalue weighted by molar-refractivity contribution is 5.87. The molecule has 1 aromatic carbocycles. The average molecular weight is 291 g/mol. The number of carboxylic acids is 1. The summed E-state index contributed by atoms with van der Waals surface area (Å²) >= 11 is 0. The molecule has 0 radical (unpaired) electrons. The van der Waals surface area contributed by atoms with E-state index in [2.05, 4.69) is 18.9 Å². The Morgan fingerprint density at radius 3 is 2.43 bits per heavy atom. The first kappa shape index (κ1) is 15.8. The number of hydrogen-bond donors (Lipinski definition) is 1. The van der Waals surface area contributed by atoms with Crippen LogP contribution in [0, 0.1) is 5.92 Å². The molecule has 4 heteroatoms. The first-order valence-corrected chi connectivity index (χ1v) is 7.72. The van der Waals surface area contributed by atoms with Crippen LogP contribution in [0.3, 0.4) is 0 Å². The van der Waals surface area contributed by atoms with Gasteiger partial charge in [-0.05, 0) is 62.9 Å². The lowest BCUT2D eigenvalue weighted by Crippen LogP contribution is -2.37. The third-order valence-corrected chi connectivity index (χ3v) is 4.42. The summed E-state index contributed by atoms with van der Waals surface area (Å²) in [5.74, 6) is 0.692. The van der Waals surface area contributed by atoms with Gasteiger partial charge in [-0.1, -0.05) is 6.92 Å². The molecule has 1 aliphatic rings. The summed E-state index contributed by atoms with van der Waals surface area (Å²) in [5, 5.41) is 8.84. The van der Waals surface area contributed by atoms with Crippen LogP contribution in [-0.4, -0.2) is 42.2 Å². The van der Waals surface area contributed by atoms with Gasteiger partial charge < -0.3 is 14.7 Å². The van der Waals surface area contributed by atoms with E-state index in [4.69, 9.17) is 9.84 Å². The fourth-order valence-electron chi connectivity index (χ4n) is 2.87. The van der Waals surface area contributed by atoms with Crippen molar-refractivity contribution < 1.29 is 14.6 Å².